The minimum atomic E-state index is 0.435. The Balaban J connectivity index is 2.01. The number of ether oxygens (including phenoxy) is 2. The van der Waals surface area contributed by atoms with Gasteiger partial charge in [0.15, 0.2) is 0 Å². The zero-order valence-corrected chi connectivity index (χ0v) is 13.3. The summed E-state index contributed by atoms with van der Waals surface area (Å²) in [5.41, 5.74) is 1.26. The number of benzene rings is 1. The zero-order valence-electron chi connectivity index (χ0n) is 11.7. The maximum Gasteiger partial charge on any atom is 0.137 e. The monoisotopic (exact) mass is 327 g/mol. The first-order valence-corrected chi connectivity index (χ1v) is 7.69. The number of rotatable bonds is 5. The topological polar surface area (TPSA) is 21.7 Å². The Bertz CT molecular complexity index is 403. The second kappa shape index (κ2) is 7.27. The van der Waals surface area contributed by atoms with Gasteiger partial charge in [0, 0.05) is 32.3 Å². The van der Waals surface area contributed by atoms with Crippen LogP contribution in [-0.4, -0.2) is 37.8 Å². The molecular formula is C15H22BrNO2. The number of likely N-dealkylation sites (tertiary alicyclic amines) is 1. The number of para-hydroxylation sites is 1. The molecule has 0 saturated carbocycles. The molecule has 1 saturated heterocycles. The van der Waals surface area contributed by atoms with E-state index in [1.165, 1.54) is 5.56 Å². The third kappa shape index (κ3) is 3.94. The lowest BCUT2D eigenvalue weighted by Gasteiger charge is -2.31. The highest BCUT2D eigenvalue weighted by atomic mass is 79.9. The van der Waals surface area contributed by atoms with Crippen molar-refractivity contribution in [3.8, 4) is 5.75 Å². The Labute approximate surface area is 124 Å². The van der Waals surface area contributed by atoms with Gasteiger partial charge in [0.25, 0.3) is 0 Å². The van der Waals surface area contributed by atoms with E-state index in [9.17, 15) is 0 Å². The van der Waals surface area contributed by atoms with E-state index in [4.69, 9.17) is 9.47 Å². The van der Waals surface area contributed by atoms with Gasteiger partial charge in [-0.3, -0.25) is 4.90 Å². The van der Waals surface area contributed by atoms with Crippen molar-refractivity contribution in [3.63, 3.8) is 0 Å². The summed E-state index contributed by atoms with van der Waals surface area (Å²) >= 11 is 3.57. The minimum Gasteiger partial charge on any atom is -0.492 e. The van der Waals surface area contributed by atoms with Gasteiger partial charge in [0.2, 0.25) is 0 Å². The molecule has 0 unspecified atom stereocenters. The summed E-state index contributed by atoms with van der Waals surface area (Å²) in [7, 11) is 1.81. The molecule has 0 bridgehead atoms. The molecule has 3 nitrogen and oxygen atoms in total. The number of hydrogen-bond donors (Lipinski definition) is 0. The van der Waals surface area contributed by atoms with Crippen LogP contribution >= 0.6 is 15.9 Å². The van der Waals surface area contributed by atoms with Gasteiger partial charge in [-0.1, -0.05) is 12.1 Å². The molecule has 4 heteroatoms. The van der Waals surface area contributed by atoms with Crippen LogP contribution in [-0.2, 0) is 11.3 Å². The largest absolute Gasteiger partial charge is 0.492 e. The van der Waals surface area contributed by atoms with Gasteiger partial charge in [-0.05, 0) is 41.8 Å². The molecule has 2 rings (SSSR count). The molecule has 0 aliphatic carbocycles. The van der Waals surface area contributed by atoms with Crippen LogP contribution in [0.25, 0.3) is 0 Å². The van der Waals surface area contributed by atoms with Crippen LogP contribution in [0.2, 0.25) is 0 Å². The van der Waals surface area contributed by atoms with Crippen LogP contribution in [0.5, 0.6) is 5.75 Å². The number of nitrogens with zero attached hydrogens (tertiary/aromatic N) is 1. The third-order valence-corrected chi connectivity index (χ3v) is 4.22. The first kappa shape index (κ1) is 14.8. The molecular weight excluding hydrogens is 306 g/mol. The average Bonchev–Trinajstić information content (AvgIpc) is 2.43. The van der Waals surface area contributed by atoms with Crippen molar-refractivity contribution in [2.24, 2.45) is 0 Å². The molecule has 0 atom stereocenters. The molecule has 1 fully saturated rings. The van der Waals surface area contributed by atoms with Crippen molar-refractivity contribution < 1.29 is 9.47 Å². The molecule has 1 aromatic rings. The Hall–Kier alpha value is -0.580. The summed E-state index contributed by atoms with van der Waals surface area (Å²) in [6, 6.07) is 6.26. The summed E-state index contributed by atoms with van der Waals surface area (Å²) in [6.07, 6.45) is 2.67. The van der Waals surface area contributed by atoms with E-state index < -0.39 is 0 Å². The Morgan fingerprint density at radius 3 is 2.68 bits per heavy atom. The predicted octanol–water partition coefficient (Wildman–Crippen LogP) is 3.46. The third-order valence-electron chi connectivity index (χ3n) is 3.60. The smallest absolute Gasteiger partial charge is 0.137 e. The van der Waals surface area contributed by atoms with Crippen LogP contribution in [0, 0.1) is 0 Å². The van der Waals surface area contributed by atoms with Crippen molar-refractivity contribution >= 4 is 15.9 Å². The Morgan fingerprint density at radius 1 is 1.32 bits per heavy atom. The minimum absolute atomic E-state index is 0.435. The standard InChI is InChI=1S/C15H22BrNO2/c1-3-19-15-12(5-4-6-14(15)16)11-17-9-7-13(18-2)8-10-17/h4-6,13H,3,7-11H2,1-2H3. The second-order valence-corrected chi connectivity index (χ2v) is 5.73. The van der Waals surface area contributed by atoms with Crippen LogP contribution in [0.3, 0.4) is 0 Å². The summed E-state index contributed by atoms with van der Waals surface area (Å²) in [6.45, 7) is 5.85. The van der Waals surface area contributed by atoms with Crippen molar-refractivity contribution in [1.29, 1.82) is 0 Å². The summed E-state index contributed by atoms with van der Waals surface area (Å²) in [5.74, 6) is 0.985. The highest BCUT2D eigenvalue weighted by molar-refractivity contribution is 9.10. The molecule has 0 aromatic heterocycles. The lowest BCUT2D eigenvalue weighted by Crippen LogP contribution is -2.36. The van der Waals surface area contributed by atoms with Gasteiger partial charge < -0.3 is 9.47 Å². The van der Waals surface area contributed by atoms with Gasteiger partial charge in [0.05, 0.1) is 17.2 Å². The van der Waals surface area contributed by atoms with Crippen LogP contribution in [0.15, 0.2) is 22.7 Å². The van der Waals surface area contributed by atoms with E-state index in [1.807, 2.05) is 20.1 Å². The summed E-state index contributed by atoms with van der Waals surface area (Å²) in [5, 5.41) is 0. The fourth-order valence-corrected chi connectivity index (χ4v) is 3.05. The van der Waals surface area contributed by atoms with Gasteiger partial charge in [-0.15, -0.1) is 0 Å². The van der Waals surface area contributed by atoms with E-state index in [-0.39, 0.29) is 0 Å². The number of piperidine rings is 1. The number of methoxy groups -OCH3 is 1. The first-order valence-electron chi connectivity index (χ1n) is 6.90. The van der Waals surface area contributed by atoms with E-state index in [2.05, 4.69) is 33.0 Å². The highest BCUT2D eigenvalue weighted by Crippen LogP contribution is 2.30. The molecule has 0 spiro atoms. The van der Waals surface area contributed by atoms with Crippen molar-refractivity contribution in [1.82, 2.24) is 4.90 Å². The molecule has 1 aromatic carbocycles. The summed E-state index contributed by atoms with van der Waals surface area (Å²) in [4.78, 5) is 2.47. The predicted molar refractivity (Wildman–Crippen MR) is 80.6 cm³/mol. The SMILES string of the molecule is CCOc1c(Br)cccc1CN1CCC(OC)CC1. The quantitative estimate of drug-likeness (QED) is 0.826. The molecule has 0 amide bonds. The zero-order chi connectivity index (χ0) is 13.7. The van der Waals surface area contributed by atoms with Gasteiger partial charge in [-0.2, -0.15) is 0 Å². The Kier molecular flexibility index (Phi) is 5.67. The lowest BCUT2D eigenvalue weighted by molar-refractivity contribution is 0.0386. The molecule has 1 heterocycles. The van der Waals surface area contributed by atoms with Gasteiger partial charge in [0.1, 0.15) is 5.75 Å². The van der Waals surface area contributed by atoms with E-state index in [1.54, 1.807) is 0 Å². The average molecular weight is 328 g/mol. The number of hydrogen-bond acceptors (Lipinski definition) is 3. The van der Waals surface area contributed by atoms with E-state index in [0.29, 0.717) is 12.7 Å². The lowest BCUT2D eigenvalue weighted by atomic mass is 10.1. The molecule has 0 N–H and O–H groups in total. The van der Waals surface area contributed by atoms with Gasteiger partial charge in [-0.25, -0.2) is 0 Å². The normalized spacial score (nSPS) is 17.6. The molecule has 1 aliphatic heterocycles. The Morgan fingerprint density at radius 2 is 2.05 bits per heavy atom. The molecule has 106 valence electrons. The number of halogens is 1. The molecule has 19 heavy (non-hydrogen) atoms. The first-order chi connectivity index (χ1) is 9.24. The van der Waals surface area contributed by atoms with E-state index in [0.717, 1.165) is 42.7 Å². The van der Waals surface area contributed by atoms with Crippen LogP contribution in [0.4, 0.5) is 0 Å². The maximum absolute atomic E-state index is 5.75. The van der Waals surface area contributed by atoms with Crippen molar-refractivity contribution in [3.05, 3.63) is 28.2 Å². The van der Waals surface area contributed by atoms with Gasteiger partial charge >= 0.3 is 0 Å². The second-order valence-electron chi connectivity index (χ2n) is 4.87. The highest BCUT2D eigenvalue weighted by Gasteiger charge is 2.20. The van der Waals surface area contributed by atoms with Crippen LogP contribution in [0.1, 0.15) is 25.3 Å². The fraction of sp³-hybridized carbons (Fsp3) is 0.600. The van der Waals surface area contributed by atoms with Crippen LogP contribution < -0.4 is 4.74 Å². The van der Waals surface area contributed by atoms with Crippen molar-refractivity contribution in [2.75, 3.05) is 26.8 Å². The molecule has 0 radical (unpaired) electrons. The summed E-state index contributed by atoms with van der Waals surface area (Å²) < 4.78 is 12.2. The van der Waals surface area contributed by atoms with E-state index >= 15 is 0 Å². The fourth-order valence-electron chi connectivity index (χ4n) is 2.53. The molecule has 1 aliphatic rings. The maximum atomic E-state index is 5.75. The van der Waals surface area contributed by atoms with Crippen molar-refractivity contribution in [2.45, 2.75) is 32.4 Å².